The van der Waals surface area contributed by atoms with E-state index in [-0.39, 0.29) is 29.4 Å². The van der Waals surface area contributed by atoms with Gasteiger partial charge in [-0.05, 0) is 30.9 Å². The van der Waals surface area contributed by atoms with Crippen molar-refractivity contribution in [3.05, 3.63) is 59.8 Å². The van der Waals surface area contributed by atoms with Crippen molar-refractivity contribution in [3.8, 4) is 5.88 Å². The molecule has 1 aromatic carbocycles. The number of hydrogen-bond acceptors (Lipinski definition) is 3. The highest BCUT2D eigenvalue weighted by molar-refractivity contribution is 14.0. The number of nitrogens with one attached hydrogen (secondary N) is 2. The molecule has 1 heterocycles. The summed E-state index contributed by atoms with van der Waals surface area (Å²) in [5, 5.41) is 6.85. The number of ether oxygens (including phenoxy) is 1. The molecule has 2 aromatic rings. The topological polar surface area (TPSA) is 58.5 Å². The van der Waals surface area contributed by atoms with E-state index in [0.717, 1.165) is 24.5 Å². The lowest BCUT2D eigenvalue weighted by Crippen LogP contribution is -2.41. The van der Waals surface area contributed by atoms with Gasteiger partial charge in [0, 0.05) is 37.3 Å². The Bertz CT molecular complexity index is 732. The molecule has 3 rings (SSSR count). The minimum atomic E-state index is 0. The molecular weight excluding hydrogens is 451 g/mol. The predicted octanol–water partition coefficient (Wildman–Crippen LogP) is 3.89. The van der Waals surface area contributed by atoms with Gasteiger partial charge >= 0.3 is 0 Å². The number of aliphatic imine (C=N–C) groups is 1. The van der Waals surface area contributed by atoms with Crippen LogP contribution in [0.1, 0.15) is 37.3 Å². The molecule has 27 heavy (non-hydrogen) atoms. The Morgan fingerprint density at radius 1 is 1.15 bits per heavy atom. The van der Waals surface area contributed by atoms with Crippen molar-refractivity contribution in [2.45, 2.75) is 38.1 Å². The summed E-state index contributed by atoms with van der Waals surface area (Å²) in [4.78, 5) is 8.69. The maximum Gasteiger partial charge on any atom is 0.218 e. The van der Waals surface area contributed by atoms with Crippen molar-refractivity contribution in [1.82, 2.24) is 15.6 Å². The van der Waals surface area contributed by atoms with Crippen LogP contribution in [-0.4, -0.2) is 31.1 Å². The van der Waals surface area contributed by atoms with Crippen LogP contribution in [0.5, 0.6) is 5.88 Å². The highest BCUT2D eigenvalue weighted by Gasteiger charge is 2.43. The monoisotopic (exact) mass is 480 g/mol. The van der Waals surface area contributed by atoms with Crippen molar-refractivity contribution in [3.63, 3.8) is 0 Å². The Morgan fingerprint density at radius 2 is 1.93 bits per heavy atom. The second-order valence-corrected chi connectivity index (χ2v) is 6.74. The second-order valence-electron chi connectivity index (χ2n) is 6.74. The van der Waals surface area contributed by atoms with Gasteiger partial charge in [0.2, 0.25) is 5.88 Å². The van der Waals surface area contributed by atoms with Crippen molar-refractivity contribution in [2.75, 3.05) is 20.2 Å². The molecule has 0 atom stereocenters. The molecule has 0 aliphatic heterocycles. The van der Waals surface area contributed by atoms with Gasteiger partial charge in [0.1, 0.15) is 0 Å². The van der Waals surface area contributed by atoms with E-state index in [0.29, 0.717) is 19.0 Å². The summed E-state index contributed by atoms with van der Waals surface area (Å²) in [7, 11) is 1.80. The van der Waals surface area contributed by atoms with Gasteiger partial charge in [-0.3, -0.25) is 4.99 Å². The molecule has 0 spiro atoms. The van der Waals surface area contributed by atoms with Crippen LogP contribution >= 0.6 is 24.0 Å². The molecule has 146 valence electrons. The number of benzene rings is 1. The fourth-order valence-electron chi connectivity index (χ4n) is 3.05. The van der Waals surface area contributed by atoms with Gasteiger partial charge in [0.25, 0.3) is 0 Å². The van der Waals surface area contributed by atoms with E-state index < -0.39 is 0 Å². The number of nitrogens with zero attached hydrogens (tertiary/aromatic N) is 2. The van der Waals surface area contributed by atoms with Crippen LogP contribution in [-0.2, 0) is 12.0 Å². The third-order valence-corrected chi connectivity index (χ3v) is 4.80. The van der Waals surface area contributed by atoms with Gasteiger partial charge in [-0.25, -0.2) is 4.98 Å². The van der Waals surface area contributed by atoms with Gasteiger partial charge < -0.3 is 15.4 Å². The number of halogens is 1. The summed E-state index contributed by atoms with van der Waals surface area (Å²) in [6, 6.07) is 14.7. The average molecular weight is 480 g/mol. The molecule has 0 radical (unpaired) electrons. The lowest BCUT2D eigenvalue weighted by molar-refractivity contribution is 0.301. The van der Waals surface area contributed by atoms with Crippen molar-refractivity contribution < 1.29 is 4.74 Å². The first-order valence-electron chi connectivity index (χ1n) is 9.34. The number of pyridine rings is 1. The Morgan fingerprint density at radius 3 is 2.59 bits per heavy atom. The van der Waals surface area contributed by atoms with Gasteiger partial charge in [0.15, 0.2) is 5.96 Å². The van der Waals surface area contributed by atoms with Crippen LogP contribution in [0.3, 0.4) is 0 Å². The summed E-state index contributed by atoms with van der Waals surface area (Å²) in [5.41, 5.74) is 2.70. The minimum absolute atomic E-state index is 0. The Labute approximate surface area is 179 Å². The number of aromatic nitrogens is 1. The summed E-state index contributed by atoms with van der Waals surface area (Å²) in [6.07, 6.45) is 5.17. The zero-order valence-electron chi connectivity index (χ0n) is 16.1. The van der Waals surface area contributed by atoms with E-state index in [4.69, 9.17) is 4.74 Å². The first-order valence-corrected chi connectivity index (χ1v) is 9.34. The molecule has 0 bridgehead atoms. The molecule has 5 nitrogen and oxygen atoms in total. The van der Waals surface area contributed by atoms with Gasteiger partial charge in [-0.15, -0.1) is 24.0 Å². The van der Waals surface area contributed by atoms with E-state index in [1.807, 2.05) is 12.1 Å². The number of rotatable bonds is 8. The summed E-state index contributed by atoms with van der Waals surface area (Å²) in [5.74, 6) is 1.50. The van der Waals surface area contributed by atoms with Crippen LogP contribution in [0.15, 0.2) is 53.7 Å². The van der Waals surface area contributed by atoms with E-state index in [2.05, 4.69) is 57.9 Å². The first-order chi connectivity index (χ1) is 12.8. The van der Waals surface area contributed by atoms with Crippen LogP contribution in [0, 0.1) is 0 Å². The first kappa shape index (κ1) is 21.5. The van der Waals surface area contributed by atoms with Crippen LogP contribution in [0.2, 0.25) is 0 Å². The normalized spacial score (nSPS) is 14.8. The van der Waals surface area contributed by atoms with E-state index in [1.54, 1.807) is 13.2 Å². The molecule has 0 amide bonds. The standard InChI is InChI=1S/C21H28N4O.HI/c1-3-14-26-19-17(8-7-13-23-19)15-24-20(22-2)25-16-21(11-12-21)18-9-5-4-6-10-18;/h4-10,13H,3,11-12,14-16H2,1-2H3,(H2,22,24,25);1H. The second kappa shape index (κ2) is 10.5. The average Bonchev–Trinajstić information content (AvgIpc) is 3.49. The van der Waals surface area contributed by atoms with Gasteiger partial charge in [0.05, 0.1) is 6.61 Å². The van der Waals surface area contributed by atoms with Crippen LogP contribution in [0.4, 0.5) is 0 Å². The molecule has 1 aromatic heterocycles. The maximum absolute atomic E-state index is 5.72. The Balaban J connectivity index is 0.00000261. The van der Waals surface area contributed by atoms with Crippen LogP contribution in [0.25, 0.3) is 0 Å². The highest BCUT2D eigenvalue weighted by atomic mass is 127. The number of guanidine groups is 1. The molecule has 6 heteroatoms. The van der Waals surface area contributed by atoms with E-state index in [1.165, 1.54) is 18.4 Å². The van der Waals surface area contributed by atoms with Crippen molar-refractivity contribution >= 4 is 29.9 Å². The molecule has 2 N–H and O–H groups in total. The third-order valence-electron chi connectivity index (χ3n) is 4.80. The summed E-state index contributed by atoms with van der Waals surface area (Å²) < 4.78 is 5.72. The quantitative estimate of drug-likeness (QED) is 0.342. The SMILES string of the molecule is CCCOc1ncccc1CNC(=NC)NCC1(c2ccccc2)CC1.I. The summed E-state index contributed by atoms with van der Waals surface area (Å²) >= 11 is 0. The van der Waals surface area contributed by atoms with E-state index >= 15 is 0 Å². The fraction of sp³-hybridized carbons (Fsp3) is 0.429. The lowest BCUT2D eigenvalue weighted by atomic mass is 9.96. The zero-order valence-corrected chi connectivity index (χ0v) is 18.4. The molecule has 0 saturated heterocycles. The largest absolute Gasteiger partial charge is 0.477 e. The Hall–Kier alpha value is -1.83. The maximum atomic E-state index is 5.72. The number of hydrogen-bond donors (Lipinski definition) is 2. The predicted molar refractivity (Wildman–Crippen MR) is 121 cm³/mol. The molecule has 1 fully saturated rings. The smallest absolute Gasteiger partial charge is 0.218 e. The van der Waals surface area contributed by atoms with Gasteiger partial charge in [-0.2, -0.15) is 0 Å². The van der Waals surface area contributed by atoms with Crippen LogP contribution < -0.4 is 15.4 Å². The minimum Gasteiger partial charge on any atom is -0.477 e. The van der Waals surface area contributed by atoms with E-state index in [9.17, 15) is 0 Å². The fourth-order valence-corrected chi connectivity index (χ4v) is 3.05. The third kappa shape index (κ3) is 5.82. The zero-order chi connectivity index (χ0) is 18.2. The molecule has 1 aliphatic rings. The molecular formula is C21H29IN4O. The molecule has 1 saturated carbocycles. The molecule has 0 unspecified atom stereocenters. The van der Waals surface area contributed by atoms with Crippen molar-refractivity contribution in [1.29, 1.82) is 0 Å². The molecule has 1 aliphatic carbocycles. The Kier molecular flexibility index (Phi) is 8.34. The van der Waals surface area contributed by atoms with Crippen molar-refractivity contribution in [2.24, 2.45) is 4.99 Å². The lowest BCUT2D eigenvalue weighted by Gasteiger charge is -2.19. The summed E-state index contributed by atoms with van der Waals surface area (Å²) in [6.45, 7) is 4.29. The van der Waals surface area contributed by atoms with Gasteiger partial charge in [-0.1, -0.05) is 43.3 Å². The highest BCUT2D eigenvalue weighted by Crippen LogP contribution is 2.47.